The molecule has 0 bridgehead atoms. The average molecular weight is 465 g/mol. The average Bonchev–Trinajstić information content (AvgIpc) is 3.39. The second-order valence-corrected chi connectivity index (χ2v) is 12.4. The summed E-state index contributed by atoms with van der Waals surface area (Å²) >= 11 is 1.90. The minimum absolute atomic E-state index is 0.138. The molecule has 4 heterocycles. The van der Waals surface area contributed by atoms with Gasteiger partial charge in [-0.15, -0.1) is 11.3 Å². The first-order valence-corrected chi connectivity index (χ1v) is 12.9. The molecule has 5 aromatic rings. The predicted molar refractivity (Wildman–Crippen MR) is 144 cm³/mol. The Labute approximate surface area is 204 Å². The minimum Gasteiger partial charge on any atom is -0.399 e. The lowest BCUT2D eigenvalue weighted by molar-refractivity contribution is 0.00578. The van der Waals surface area contributed by atoms with Gasteiger partial charge in [-0.3, -0.25) is 0 Å². The molecule has 3 nitrogen and oxygen atoms in total. The van der Waals surface area contributed by atoms with Gasteiger partial charge in [0.1, 0.15) is 0 Å². The SMILES string of the molecule is CC1(C)c2cc(B3OC(C)(C)C(C)(C)O3)ccc2-n2c3c1cccc3c1sc3ccccc3c12. The number of hydrogen-bond acceptors (Lipinski definition) is 3. The lowest BCUT2D eigenvalue weighted by atomic mass is 9.70. The highest BCUT2D eigenvalue weighted by Crippen LogP contribution is 2.50. The Balaban J connectivity index is 1.53. The van der Waals surface area contributed by atoms with Crippen LogP contribution in [-0.2, 0) is 14.7 Å². The van der Waals surface area contributed by atoms with Crippen LogP contribution in [0.2, 0.25) is 0 Å². The summed E-state index contributed by atoms with van der Waals surface area (Å²) in [6.07, 6.45) is 0. The summed E-state index contributed by atoms with van der Waals surface area (Å²) in [5.41, 5.74) is 6.84. The molecule has 0 aliphatic carbocycles. The molecule has 0 saturated carbocycles. The number of hydrogen-bond donors (Lipinski definition) is 0. The Morgan fingerprint density at radius 3 is 2.21 bits per heavy atom. The molecule has 1 fully saturated rings. The standard InChI is InChI=1S/C29H28BNO2S/c1-27(2)20-12-9-11-19-24(20)31(25-18-10-7-8-13-23(18)34-26(19)25)22-15-14-17(16-21(22)27)30-32-28(3,4)29(5,6)33-30/h7-16H,1-6H3. The highest BCUT2D eigenvalue weighted by atomic mass is 32.1. The molecule has 3 aromatic carbocycles. The summed E-state index contributed by atoms with van der Waals surface area (Å²) < 4.78 is 18.0. The van der Waals surface area contributed by atoms with E-state index < -0.39 is 0 Å². The molecule has 7 rings (SSSR count). The van der Waals surface area contributed by atoms with Gasteiger partial charge in [0.05, 0.1) is 32.6 Å². The van der Waals surface area contributed by atoms with Crippen molar-refractivity contribution in [2.45, 2.75) is 58.2 Å². The molecule has 5 heteroatoms. The van der Waals surface area contributed by atoms with Crippen molar-refractivity contribution in [3.8, 4) is 5.69 Å². The lowest BCUT2D eigenvalue weighted by Crippen LogP contribution is -2.41. The van der Waals surface area contributed by atoms with Crippen LogP contribution in [0.15, 0.2) is 60.7 Å². The van der Waals surface area contributed by atoms with E-state index in [0.29, 0.717) is 0 Å². The molecule has 0 N–H and O–H groups in total. The zero-order valence-corrected chi connectivity index (χ0v) is 21.3. The molecule has 1 saturated heterocycles. The molecule has 2 aromatic heterocycles. The Kier molecular flexibility index (Phi) is 3.87. The Bertz CT molecular complexity index is 1640. The third-order valence-electron chi connectivity index (χ3n) is 8.43. The van der Waals surface area contributed by atoms with Crippen LogP contribution >= 0.6 is 11.3 Å². The van der Waals surface area contributed by atoms with Crippen LogP contribution in [0.4, 0.5) is 0 Å². The first kappa shape index (κ1) is 20.8. The Morgan fingerprint density at radius 2 is 1.44 bits per heavy atom. The van der Waals surface area contributed by atoms with Crippen LogP contribution in [-0.4, -0.2) is 22.9 Å². The number of nitrogens with zero attached hydrogens (tertiary/aromatic N) is 1. The first-order chi connectivity index (χ1) is 16.1. The van der Waals surface area contributed by atoms with E-state index in [9.17, 15) is 0 Å². The largest absolute Gasteiger partial charge is 0.494 e. The normalized spacial score (nSPS) is 19.9. The molecule has 0 unspecified atom stereocenters. The molecule has 0 amide bonds. The van der Waals surface area contributed by atoms with Crippen LogP contribution < -0.4 is 5.46 Å². The monoisotopic (exact) mass is 465 g/mol. The van der Waals surface area contributed by atoms with Crippen LogP contribution in [0.25, 0.3) is 36.9 Å². The fraction of sp³-hybridized carbons (Fsp3) is 0.310. The van der Waals surface area contributed by atoms with Crippen molar-refractivity contribution < 1.29 is 9.31 Å². The van der Waals surface area contributed by atoms with Gasteiger partial charge < -0.3 is 13.9 Å². The van der Waals surface area contributed by atoms with Crippen molar-refractivity contribution in [3.63, 3.8) is 0 Å². The maximum atomic E-state index is 6.41. The number of fused-ring (bicyclic) bond motifs is 7. The molecule has 2 aliphatic rings. The smallest absolute Gasteiger partial charge is 0.399 e. The van der Waals surface area contributed by atoms with Crippen LogP contribution in [0.1, 0.15) is 52.7 Å². The summed E-state index contributed by atoms with van der Waals surface area (Å²) in [4.78, 5) is 0. The van der Waals surface area contributed by atoms with Crippen LogP contribution in [0, 0.1) is 0 Å². The molecule has 34 heavy (non-hydrogen) atoms. The van der Waals surface area contributed by atoms with E-state index in [1.807, 2.05) is 11.3 Å². The van der Waals surface area contributed by atoms with E-state index in [1.165, 1.54) is 48.0 Å². The van der Waals surface area contributed by atoms with Gasteiger partial charge in [0, 0.05) is 20.9 Å². The quantitative estimate of drug-likeness (QED) is 0.251. The van der Waals surface area contributed by atoms with Crippen LogP contribution in [0.3, 0.4) is 0 Å². The Morgan fingerprint density at radius 1 is 0.735 bits per heavy atom. The van der Waals surface area contributed by atoms with Gasteiger partial charge >= 0.3 is 7.12 Å². The first-order valence-electron chi connectivity index (χ1n) is 12.1. The van der Waals surface area contributed by atoms with E-state index >= 15 is 0 Å². The molecular formula is C29H28BNO2S. The van der Waals surface area contributed by atoms with Gasteiger partial charge in [0.2, 0.25) is 0 Å². The van der Waals surface area contributed by atoms with Gasteiger partial charge in [-0.2, -0.15) is 0 Å². The highest BCUT2D eigenvalue weighted by molar-refractivity contribution is 7.26. The number of aromatic nitrogens is 1. The number of para-hydroxylation sites is 1. The predicted octanol–water partition coefficient (Wildman–Crippen LogP) is 6.94. The second-order valence-electron chi connectivity index (χ2n) is 11.3. The molecule has 0 radical (unpaired) electrons. The summed E-state index contributed by atoms with van der Waals surface area (Å²) in [6, 6.07) is 22.4. The van der Waals surface area contributed by atoms with E-state index in [0.717, 1.165) is 5.46 Å². The van der Waals surface area contributed by atoms with Gasteiger partial charge in [-0.25, -0.2) is 0 Å². The highest BCUT2D eigenvalue weighted by Gasteiger charge is 2.52. The molecule has 0 atom stereocenters. The third kappa shape index (κ3) is 2.45. The molecule has 0 spiro atoms. The summed E-state index contributed by atoms with van der Waals surface area (Å²) in [6.45, 7) is 13.1. The maximum absolute atomic E-state index is 6.41. The van der Waals surface area contributed by atoms with Gasteiger partial charge in [0.15, 0.2) is 0 Å². The van der Waals surface area contributed by atoms with Gasteiger partial charge in [-0.1, -0.05) is 62.4 Å². The Hall–Kier alpha value is -2.60. The third-order valence-corrected chi connectivity index (χ3v) is 9.62. The topological polar surface area (TPSA) is 23.4 Å². The van der Waals surface area contributed by atoms with Crippen LogP contribution in [0.5, 0.6) is 0 Å². The van der Waals surface area contributed by atoms with Crippen molar-refractivity contribution in [3.05, 3.63) is 71.8 Å². The minimum atomic E-state index is -0.366. The van der Waals surface area contributed by atoms with E-state index in [2.05, 4.69) is 107 Å². The fourth-order valence-electron chi connectivity index (χ4n) is 5.78. The zero-order valence-electron chi connectivity index (χ0n) is 20.5. The van der Waals surface area contributed by atoms with E-state index in [-0.39, 0.29) is 23.7 Å². The molecule has 170 valence electrons. The lowest BCUT2D eigenvalue weighted by Gasteiger charge is -2.35. The van der Waals surface area contributed by atoms with Crippen molar-refractivity contribution in [2.24, 2.45) is 0 Å². The fourth-order valence-corrected chi connectivity index (χ4v) is 6.99. The molecular weight excluding hydrogens is 437 g/mol. The van der Waals surface area contributed by atoms with Gasteiger partial charge in [0.25, 0.3) is 0 Å². The number of rotatable bonds is 1. The van der Waals surface area contributed by atoms with Gasteiger partial charge in [-0.05, 0) is 56.4 Å². The number of thiophene rings is 1. The van der Waals surface area contributed by atoms with Crippen molar-refractivity contribution >= 4 is 55.1 Å². The second kappa shape index (κ2) is 6.34. The summed E-state index contributed by atoms with van der Waals surface area (Å²) in [7, 11) is -0.366. The summed E-state index contributed by atoms with van der Waals surface area (Å²) in [5.74, 6) is 0. The molecule has 2 aliphatic heterocycles. The van der Waals surface area contributed by atoms with Crippen molar-refractivity contribution in [2.75, 3.05) is 0 Å². The van der Waals surface area contributed by atoms with Crippen molar-refractivity contribution in [1.29, 1.82) is 0 Å². The van der Waals surface area contributed by atoms with E-state index in [1.54, 1.807) is 0 Å². The summed E-state index contributed by atoms with van der Waals surface area (Å²) in [5, 5.41) is 2.67. The zero-order chi connectivity index (χ0) is 23.6. The van der Waals surface area contributed by atoms with E-state index in [4.69, 9.17) is 9.31 Å². The number of benzene rings is 3. The maximum Gasteiger partial charge on any atom is 0.494 e. The van der Waals surface area contributed by atoms with Crippen molar-refractivity contribution in [1.82, 2.24) is 4.57 Å².